The molecular weight excluding hydrogens is 136 g/mol. The summed E-state index contributed by atoms with van der Waals surface area (Å²) in [5.74, 6) is 0. The van der Waals surface area contributed by atoms with Crippen LogP contribution in [0.3, 0.4) is 0 Å². The third kappa shape index (κ3) is 4.14. The van der Waals surface area contributed by atoms with E-state index in [4.69, 9.17) is 0 Å². The maximum atomic E-state index is 3.89. The molecule has 0 atom stereocenters. The third-order valence-corrected chi connectivity index (χ3v) is 1.12. The van der Waals surface area contributed by atoms with Gasteiger partial charge >= 0.3 is 0 Å². The van der Waals surface area contributed by atoms with Gasteiger partial charge in [0, 0.05) is 20.3 Å². The average Bonchev–Trinajstić information content (AvgIpc) is 1.97. The summed E-state index contributed by atoms with van der Waals surface area (Å²) in [6, 6.07) is 0. The Kier molecular flexibility index (Phi) is 4.82. The van der Waals surface area contributed by atoms with E-state index in [0.717, 1.165) is 5.70 Å². The Bertz CT molecular complexity index is 188. The molecule has 0 N–H and O–H groups in total. The minimum atomic E-state index is 1.000. The van der Waals surface area contributed by atoms with Crippen LogP contribution in [0.4, 0.5) is 0 Å². The van der Waals surface area contributed by atoms with Gasteiger partial charge in [-0.25, -0.2) is 0 Å². The molecule has 0 spiro atoms. The van der Waals surface area contributed by atoms with Crippen molar-refractivity contribution in [1.82, 2.24) is 4.90 Å². The summed E-state index contributed by atoms with van der Waals surface area (Å²) in [4.78, 5) is 5.85. The number of hydrogen-bond acceptors (Lipinski definition) is 2. The Labute approximate surface area is 68.2 Å². The van der Waals surface area contributed by atoms with Crippen LogP contribution in [0.1, 0.15) is 0 Å². The Morgan fingerprint density at radius 1 is 1.36 bits per heavy atom. The summed E-state index contributed by atoms with van der Waals surface area (Å²) in [6.07, 6.45) is 6.84. The Hall–Kier alpha value is -1.31. The first-order chi connectivity index (χ1) is 5.22. The van der Waals surface area contributed by atoms with E-state index in [1.54, 1.807) is 12.3 Å². The van der Waals surface area contributed by atoms with Crippen LogP contribution < -0.4 is 0 Å². The summed E-state index contributed by atoms with van der Waals surface area (Å²) < 4.78 is 0. The Morgan fingerprint density at radius 3 is 2.36 bits per heavy atom. The first-order valence-corrected chi connectivity index (χ1v) is 3.36. The van der Waals surface area contributed by atoms with E-state index in [1.165, 1.54) is 6.20 Å². The fourth-order valence-corrected chi connectivity index (χ4v) is 0.557. The van der Waals surface area contributed by atoms with Crippen LogP contribution in [-0.2, 0) is 0 Å². The number of rotatable bonds is 4. The maximum absolute atomic E-state index is 3.89. The molecule has 0 bridgehead atoms. The molecule has 0 aliphatic carbocycles. The molecule has 0 aromatic rings. The highest BCUT2D eigenvalue weighted by Crippen LogP contribution is 1.94. The zero-order valence-electron chi connectivity index (χ0n) is 7.12. The smallest absolute Gasteiger partial charge is 0.0546 e. The van der Waals surface area contributed by atoms with Gasteiger partial charge in [-0.05, 0) is 6.08 Å². The van der Waals surface area contributed by atoms with Crippen LogP contribution in [0.2, 0.25) is 0 Å². The second-order valence-electron chi connectivity index (χ2n) is 2.18. The molecule has 0 heterocycles. The zero-order chi connectivity index (χ0) is 8.69. The highest BCUT2D eigenvalue weighted by atomic mass is 15.1. The first kappa shape index (κ1) is 9.69. The monoisotopic (exact) mass is 150 g/mol. The lowest BCUT2D eigenvalue weighted by Gasteiger charge is -2.11. The van der Waals surface area contributed by atoms with Crippen LogP contribution >= 0.6 is 0 Å². The Balaban J connectivity index is 4.34. The lowest BCUT2D eigenvalue weighted by Crippen LogP contribution is -2.11. The van der Waals surface area contributed by atoms with Crippen molar-refractivity contribution in [3.63, 3.8) is 0 Å². The number of aliphatic imine (C=N–C) groups is 1. The van der Waals surface area contributed by atoms with Gasteiger partial charge in [-0.15, -0.1) is 0 Å². The standard InChI is InChI=1S/C9H14N2/c1-5-7-9(11(3)4)8-10-6-2/h5-8H,1-2H2,3-4H3/b9-7+,10-8?. The van der Waals surface area contributed by atoms with Gasteiger partial charge in [-0.3, -0.25) is 4.99 Å². The van der Waals surface area contributed by atoms with Crippen molar-refractivity contribution in [2.45, 2.75) is 0 Å². The zero-order valence-corrected chi connectivity index (χ0v) is 7.12. The molecular formula is C9H14N2. The van der Waals surface area contributed by atoms with Crippen molar-refractivity contribution in [3.8, 4) is 0 Å². The third-order valence-electron chi connectivity index (χ3n) is 1.12. The van der Waals surface area contributed by atoms with Gasteiger partial charge in [0.1, 0.15) is 0 Å². The maximum Gasteiger partial charge on any atom is 0.0546 e. The van der Waals surface area contributed by atoms with Crippen LogP contribution in [0.5, 0.6) is 0 Å². The van der Waals surface area contributed by atoms with E-state index in [2.05, 4.69) is 18.2 Å². The van der Waals surface area contributed by atoms with Crippen molar-refractivity contribution < 1.29 is 0 Å². The van der Waals surface area contributed by atoms with Crippen molar-refractivity contribution in [3.05, 3.63) is 37.2 Å². The summed E-state index contributed by atoms with van der Waals surface area (Å²) in [5, 5.41) is 0. The molecule has 0 radical (unpaired) electrons. The van der Waals surface area contributed by atoms with Crippen LogP contribution in [0.15, 0.2) is 42.2 Å². The molecule has 2 heteroatoms. The largest absolute Gasteiger partial charge is 0.376 e. The fourth-order valence-electron chi connectivity index (χ4n) is 0.557. The fraction of sp³-hybridized carbons (Fsp3) is 0.222. The van der Waals surface area contributed by atoms with Gasteiger partial charge in [0.05, 0.1) is 11.9 Å². The quantitative estimate of drug-likeness (QED) is 0.441. The van der Waals surface area contributed by atoms with Gasteiger partial charge in [-0.2, -0.15) is 0 Å². The summed E-state index contributed by atoms with van der Waals surface area (Å²) in [7, 11) is 3.90. The number of hydrogen-bond donors (Lipinski definition) is 0. The average molecular weight is 150 g/mol. The molecule has 2 nitrogen and oxygen atoms in total. The number of nitrogens with zero attached hydrogens (tertiary/aromatic N) is 2. The van der Waals surface area contributed by atoms with Crippen molar-refractivity contribution in [2.24, 2.45) is 4.99 Å². The van der Waals surface area contributed by atoms with E-state index in [9.17, 15) is 0 Å². The lowest BCUT2D eigenvalue weighted by molar-refractivity contribution is 0.542. The van der Waals surface area contributed by atoms with E-state index in [-0.39, 0.29) is 0 Å². The molecule has 0 unspecified atom stereocenters. The molecule has 0 aromatic carbocycles. The molecule has 0 aliphatic heterocycles. The highest BCUT2D eigenvalue weighted by molar-refractivity contribution is 5.78. The van der Waals surface area contributed by atoms with Crippen molar-refractivity contribution in [2.75, 3.05) is 14.1 Å². The van der Waals surface area contributed by atoms with E-state index in [0.29, 0.717) is 0 Å². The van der Waals surface area contributed by atoms with Gasteiger partial charge in [0.25, 0.3) is 0 Å². The number of allylic oxidation sites excluding steroid dienone is 3. The predicted molar refractivity (Wildman–Crippen MR) is 50.7 cm³/mol. The van der Waals surface area contributed by atoms with Gasteiger partial charge in [0.2, 0.25) is 0 Å². The normalized spacial score (nSPS) is 11.6. The molecule has 0 amide bonds. The predicted octanol–water partition coefficient (Wildman–Crippen LogP) is 1.83. The van der Waals surface area contributed by atoms with Crippen molar-refractivity contribution >= 4 is 6.21 Å². The van der Waals surface area contributed by atoms with Crippen molar-refractivity contribution in [1.29, 1.82) is 0 Å². The van der Waals surface area contributed by atoms with Crippen LogP contribution in [0.25, 0.3) is 0 Å². The lowest BCUT2D eigenvalue weighted by atomic mass is 10.4. The van der Waals surface area contributed by atoms with Gasteiger partial charge in [0.15, 0.2) is 0 Å². The molecule has 0 aromatic heterocycles. The molecule has 0 aliphatic rings. The van der Waals surface area contributed by atoms with E-state index >= 15 is 0 Å². The molecule has 0 rings (SSSR count). The molecule has 60 valence electrons. The summed E-state index contributed by atoms with van der Waals surface area (Å²) in [5.41, 5.74) is 1.000. The van der Waals surface area contributed by atoms with Crippen LogP contribution in [0, 0.1) is 0 Å². The highest BCUT2D eigenvalue weighted by Gasteiger charge is 1.90. The minimum Gasteiger partial charge on any atom is -0.376 e. The Morgan fingerprint density at radius 2 is 2.00 bits per heavy atom. The SMILES string of the molecule is C=C/C=C(\C=NC=C)N(C)C. The van der Waals surface area contributed by atoms with Gasteiger partial charge in [-0.1, -0.05) is 19.2 Å². The van der Waals surface area contributed by atoms with Gasteiger partial charge < -0.3 is 4.90 Å². The second-order valence-corrected chi connectivity index (χ2v) is 2.18. The van der Waals surface area contributed by atoms with Crippen LogP contribution in [-0.4, -0.2) is 25.2 Å². The summed E-state index contributed by atoms with van der Waals surface area (Å²) in [6.45, 7) is 7.08. The molecule has 11 heavy (non-hydrogen) atoms. The molecule has 0 fully saturated rings. The molecule has 0 saturated carbocycles. The molecule has 0 saturated heterocycles. The summed E-state index contributed by atoms with van der Waals surface area (Å²) >= 11 is 0. The first-order valence-electron chi connectivity index (χ1n) is 3.36. The second kappa shape index (κ2) is 5.47. The topological polar surface area (TPSA) is 15.6 Å². The van der Waals surface area contributed by atoms with E-state index < -0.39 is 0 Å². The minimum absolute atomic E-state index is 1.000. The van der Waals surface area contributed by atoms with E-state index in [1.807, 2.05) is 25.1 Å².